The van der Waals surface area contributed by atoms with E-state index in [9.17, 15) is 23.5 Å². The van der Waals surface area contributed by atoms with Crippen molar-refractivity contribution in [2.45, 2.75) is 37.5 Å². The zero-order valence-electron chi connectivity index (χ0n) is 21.2. The second-order valence-corrected chi connectivity index (χ2v) is 9.84. The van der Waals surface area contributed by atoms with Crippen LogP contribution in [0.5, 0.6) is 11.5 Å². The van der Waals surface area contributed by atoms with Crippen LogP contribution in [0, 0.1) is 11.6 Å². The van der Waals surface area contributed by atoms with E-state index >= 15 is 0 Å². The minimum atomic E-state index is -0.973. The van der Waals surface area contributed by atoms with Crippen molar-refractivity contribution < 1.29 is 23.4 Å². The Bertz CT molecular complexity index is 1410. The van der Waals surface area contributed by atoms with Crippen LogP contribution in [0.4, 0.5) is 8.78 Å². The van der Waals surface area contributed by atoms with E-state index < -0.39 is 28.7 Å². The average molecular weight is 542 g/mol. The van der Waals surface area contributed by atoms with Crippen molar-refractivity contribution in [2.24, 2.45) is 0 Å². The molecule has 4 bridgehead atoms. The summed E-state index contributed by atoms with van der Waals surface area (Å²) < 4.78 is 35.7. The van der Waals surface area contributed by atoms with Gasteiger partial charge in [-0.05, 0) is 23.8 Å². The molecule has 0 fully saturated rings. The molecular formula is C28H29F2N3O4S. The summed E-state index contributed by atoms with van der Waals surface area (Å²) in [5.41, 5.74) is 0.334. The number of hydrogen-bond donors (Lipinski definition) is 1. The summed E-state index contributed by atoms with van der Waals surface area (Å²) in [6.45, 7) is 5.08. The second kappa shape index (κ2) is 12.2. The summed E-state index contributed by atoms with van der Waals surface area (Å²) in [6, 6.07) is 11.2. The van der Waals surface area contributed by atoms with Crippen LogP contribution in [0.3, 0.4) is 0 Å². The zero-order chi connectivity index (χ0) is 27.2. The Morgan fingerprint density at radius 3 is 2.61 bits per heavy atom. The van der Waals surface area contributed by atoms with E-state index in [-0.39, 0.29) is 42.6 Å². The van der Waals surface area contributed by atoms with Gasteiger partial charge in [0.05, 0.1) is 6.54 Å². The lowest BCUT2D eigenvalue weighted by molar-refractivity contribution is 0.0706. The third-order valence-electron chi connectivity index (χ3n) is 5.81. The molecule has 0 radical (unpaired) electrons. The van der Waals surface area contributed by atoms with Gasteiger partial charge >= 0.3 is 0 Å². The van der Waals surface area contributed by atoms with E-state index in [1.54, 1.807) is 12.2 Å². The number of ether oxygens (including phenoxy) is 1. The van der Waals surface area contributed by atoms with Crippen LogP contribution in [-0.2, 0) is 12.3 Å². The molecule has 200 valence electrons. The molecule has 2 aliphatic rings. The van der Waals surface area contributed by atoms with Crippen molar-refractivity contribution >= 4 is 17.7 Å². The summed E-state index contributed by atoms with van der Waals surface area (Å²) in [5, 5.41) is 12.2. The molecule has 0 unspecified atom stereocenters. The number of fused-ring (bicyclic) bond motifs is 7. The van der Waals surface area contributed by atoms with Crippen molar-refractivity contribution in [3.8, 4) is 11.5 Å². The summed E-state index contributed by atoms with van der Waals surface area (Å²) in [7, 11) is 0. The lowest BCUT2D eigenvalue weighted by atomic mass is 10.2. The van der Waals surface area contributed by atoms with Crippen LogP contribution in [0.1, 0.15) is 41.9 Å². The molecule has 3 heterocycles. The predicted octanol–water partition coefficient (Wildman–Crippen LogP) is 5.04. The summed E-state index contributed by atoms with van der Waals surface area (Å²) >= 11 is 1.35. The largest absolute Gasteiger partial charge is 0.502 e. The zero-order valence-corrected chi connectivity index (χ0v) is 22.0. The fraction of sp³-hybridized carbons (Fsp3) is 0.286. The first kappa shape index (κ1) is 27.3. The molecule has 0 saturated heterocycles. The number of halogens is 2. The number of carbonyl (C=O) groups excluding carboxylic acids is 1. The van der Waals surface area contributed by atoms with Gasteiger partial charge in [0, 0.05) is 41.1 Å². The van der Waals surface area contributed by atoms with Gasteiger partial charge in [0.2, 0.25) is 5.43 Å². The Morgan fingerprint density at radius 2 is 1.82 bits per heavy atom. The maximum Gasteiger partial charge on any atom is 0.278 e. The van der Waals surface area contributed by atoms with Crippen LogP contribution in [0.15, 0.2) is 70.5 Å². The highest BCUT2D eigenvalue weighted by Gasteiger charge is 2.32. The molecule has 1 aromatic heterocycles. The minimum absolute atomic E-state index is 0.0908. The first-order valence-electron chi connectivity index (χ1n) is 12.3. The Kier molecular flexibility index (Phi) is 8.73. The molecule has 2 aliphatic heterocycles. The maximum absolute atomic E-state index is 14.5. The van der Waals surface area contributed by atoms with E-state index in [1.165, 1.54) is 46.1 Å². The van der Waals surface area contributed by atoms with Crippen molar-refractivity contribution in [1.29, 1.82) is 0 Å². The lowest BCUT2D eigenvalue weighted by Crippen LogP contribution is -2.53. The second-order valence-electron chi connectivity index (χ2n) is 8.82. The molecule has 38 heavy (non-hydrogen) atoms. The Hall–Kier alpha value is -3.79. The average Bonchev–Trinajstić information content (AvgIpc) is 2.89. The third-order valence-corrected chi connectivity index (χ3v) is 6.97. The molecule has 1 amide bonds. The van der Waals surface area contributed by atoms with E-state index in [4.69, 9.17) is 4.74 Å². The molecular weight excluding hydrogens is 512 g/mol. The normalized spacial score (nSPS) is 15.9. The number of thioether (sulfide) groups is 1. The molecule has 3 aromatic rings. The molecule has 0 spiro atoms. The molecule has 0 atom stereocenters. The van der Waals surface area contributed by atoms with Gasteiger partial charge in [0.1, 0.15) is 19.0 Å². The van der Waals surface area contributed by atoms with Gasteiger partial charge in [-0.25, -0.2) is 8.78 Å². The molecule has 1 N–H and O–H groups in total. The van der Waals surface area contributed by atoms with E-state index in [0.29, 0.717) is 6.54 Å². The smallest absolute Gasteiger partial charge is 0.278 e. The first-order valence-corrected chi connectivity index (χ1v) is 13.3. The van der Waals surface area contributed by atoms with Crippen molar-refractivity contribution in [3.63, 3.8) is 0 Å². The van der Waals surface area contributed by atoms with Crippen molar-refractivity contribution in [3.05, 3.63) is 99.5 Å². The molecule has 0 aliphatic carbocycles. The Morgan fingerprint density at radius 1 is 1.05 bits per heavy atom. The van der Waals surface area contributed by atoms with Crippen LogP contribution in [0.25, 0.3) is 0 Å². The van der Waals surface area contributed by atoms with Crippen LogP contribution in [0.2, 0.25) is 0 Å². The number of hydrogen-bond acceptors (Lipinski definition) is 6. The molecule has 7 nitrogen and oxygen atoms in total. The highest BCUT2D eigenvalue weighted by molar-refractivity contribution is 7.98. The van der Waals surface area contributed by atoms with E-state index in [1.807, 2.05) is 29.3 Å². The molecule has 2 aromatic carbocycles. The SMILES string of the molecule is CCC.O=C1c2c(O)c(=O)ccn2N2Cc3ccccc3SCc3cc(cc(F)c3F)OC/C=C/CN1C2. The highest BCUT2D eigenvalue weighted by Crippen LogP contribution is 2.31. The number of aromatic hydroxyl groups is 1. The quantitative estimate of drug-likeness (QED) is 0.402. The van der Waals surface area contributed by atoms with Crippen molar-refractivity contribution in [1.82, 2.24) is 9.58 Å². The van der Waals surface area contributed by atoms with Gasteiger partial charge < -0.3 is 14.7 Å². The topological polar surface area (TPSA) is 75.0 Å². The number of amides is 1. The van der Waals surface area contributed by atoms with Crippen LogP contribution >= 0.6 is 11.8 Å². The Balaban J connectivity index is 0.00000107. The summed E-state index contributed by atoms with van der Waals surface area (Å²) in [6.07, 6.45) is 6.09. The third kappa shape index (κ3) is 5.85. The van der Waals surface area contributed by atoms with Crippen molar-refractivity contribution in [2.75, 3.05) is 24.8 Å². The lowest BCUT2D eigenvalue weighted by Gasteiger charge is -2.39. The fourth-order valence-electron chi connectivity index (χ4n) is 4.05. The predicted molar refractivity (Wildman–Crippen MR) is 143 cm³/mol. The fourth-order valence-corrected chi connectivity index (χ4v) is 5.06. The van der Waals surface area contributed by atoms with Gasteiger partial charge in [-0.15, -0.1) is 11.8 Å². The van der Waals surface area contributed by atoms with Crippen LogP contribution < -0.4 is 15.2 Å². The highest BCUT2D eigenvalue weighted by atomic mass is 32.2. The number of nitrogens with zero attached hydrogens (tertiary/aromatic N) is 3. The number of pyridine rings is 1. The number of aromatic nitrogens is 1. The van der Waals surface area contributed by atoms with Gasteiger partial charge in [0.15, 0.2) is 23.1 Å². The van der Waals surface area contributed by atoms with Gasteiger partial charge in [0.25, 0.3) is 5.91 Å². The van der Waals surface area contributed by atoms with Crippen LogP contribution in [-0.4, -0.2) is 40.4 Å². The molecule has 5 rings (SSSR count). The van der Waals surface area contributed by atoms with Gasteiger partial charge in [-0.1, -0.05) is 44.5 Å². The first-order chi connectivity index (χ1) is 18.3. The minimum Gasteiger partial charge on any atom is -0.502 e. The molecule has 10 heteroatoms. The number of benzene rings is 2. The summed E-state index contributed by atoms with van der Waals surface area (Å²) in [4.78, 5) is 27.5. The monoisotopic (exact) mass is 541 g/mol. The number of carbonyl (C=O) groups is 1. The van der Waals surface area contributed by atoms with Gasteiger partial charge in [-0.3, -0.25) is 19.3 Å². The Labute approximate surface area is 223 Å². The standard InChI is InChI=1S/C25H21F2N3O4S.C3H8/c26-19-12-18-11-17(22(19)27)14-35-21-6-2-1-5-16(21)13-29-15-28(8-3-4-10-34-18)25(33)23-24(32)20(31)7-9-30(23)29;1-3-2/h1-7,9,11-12,32H,8,10,13-15H2;3H2,1-2H3/b4-3+;. The summed E-state index contributed by atoms with van der Waals surface area (Å²) in [5.74, 6) is -2.56. The molecule has 0 saturated carbocycles. The van der Waals surface area contributed by atoms with Gasteiger partial charge in [-0.2, -0.15) is 0 Å². The maximum atomic E-state index is 14.5. The van der Waals surface area contributed by atoms with E-state index in [0.717, 1.165) is 16.5 Å². The van der Waals surface area contributed by atoms with E-state index in [2.05, 4.69) is 13.8 Å². The number of rotatable bonds is 0.